The number of nitrogens with one attached hydrogen (secondary N) is 1. The number of ether oxygens (including phenoxy) is 1. The number of amides is 2. The lowest BCUT2D eigenvalue weighted by Crippen LogP contribution is -2.55. The molecule has 0 unspecified atom stereocenters. The van der Waals surface area contributed by atoms with Crippen LogP contribution in [0.5, 0.6) is 5.75 Å². The molecule has 1 aliphatic heterocycles. The number of anilines is 1. The van der Waals surface area contributed by atoms with Crippen molar-refractivity contribution < 1.29 is 24.5 Å². The molecule has 1 fully saturated rings. The van der Waals surface area contributed by atoms with Gasteiger partial charge in [0.15, 0.2) is 12.2 Å². The summed E-state index contributed by atoms with van der Waals surface area (Å²) in [7, 11) is 0. The van der Waals surface area contributed by atoms with E-state index in [1.807, 2.05) is 31.2 Å². The first-order valence-corrected chi connectivity index (χ1v) is 13.4. The van der Waals surface area contributed by atoms with Crippen molar-refractivity contribution >= 4 is 35.2 Å². The number of benzene rings is 2. The molecule has 2 atom stereocenters. The first-order chi connectivity index (χ1) is 19.3. The number of aromatic nitrogens is 1. The van der Waals surface area contributed by atoms with E-state index < -0.39 is 24.0 Å². The van der Waals surface area contributed by atoms with Crippen LogP contribution in [0.3, 0.4) is 0 Å². The molecule has 10 heteroatoms. The van der Waals surface area contributed by atoms with Gasteiger partial charge in [-0.3, -0.25) is 14.6 Å². The number of carbonyl (C=O) groups excluding carboxylic acids is 2. The van der Waals surface area contributed by atoms with Gasteiger partial charge in [0, 0.05) is 44.6 Å². The number of piperazine rings is 1. The second-order valence-corrected chi connectivity index (χ2v) is 9.94. The van der Waals surface area contributed by atoms with E-state index in [1.54, 1.807) is 42.6 Å². The molecule has 0 radical (unpaired) electrons. The quantitative estimate of drug-likeness (QED) is 0.347. The summed E-state index contributed by atoms with van der Waals surface area (Å²) in [5.74, 6) is -0.872. The lowest BCUT2D eigenvalue weighted by atomic mass is 10.1. The summed E-state index contributed by atoms with van der Waals surface area (Å²) >= 11 is 6.27. The fourth-order valence-corrected chi connectivity index (χ4v) is 4.69. The molecular formula is C30H33ClN4O5. The molecule has 2 heterocycles. The van der Waals surface area contributed by atoms with E-state index in [1.165, 1.54) is 4.90 Å². The highest BCUT2D eigenvalue weighted by atomic mass is 35.5. The lowest BCUT2D eigenvalue weighted by molar-refractivity contribution is -0.153. The zero-order valence-corrected chi connectivity index (χ0v) is 23.1. The summed E-state index contributed by atoms with van der Waals surface area (Å²) in [6.45, 7) is 7.88. The molecule has 1 saturated heterocycles. The van der Waals surface area contributed by atoms with Crippen molar-refractivity contribution in [1.82, 2.24) is 15.2 Å². The molecule has 2 amide bonds. The molecule has 2 aromatic carbocycles. The van der Waals surface area contributed by atoms with Gasteiger partial charge in [-0.1, -0.05) is 48.5 Å². The Hall–Kier alpha value is -3.92. The number of aliphatic hydroxyl groups excluding tert-OH is 2. The largest absolute Gasteiger partial charge is 0.489 e. The van der Waals surface area contributed by atoms with Crippen LogP contribution >= 0.6 is 11.6 Å². The van der Waals surface area contributed by atoms with Crippen LogP contribution in [0, 0.1) is 6.92 Å². The van der Waals surface area contributed by atoms with E-state index in [-0.39, 0.29) is 6.54 Å². The van der Waals surface area contributed by atoms with Crippen molar-refractivity contribution in [3.05, 3.63) is 94.8 Å². The SMILES string of the molecule is C=Cc1cnc(C)cc1COc1ccc(CNC(=O)[C@H](O)[C@@H](O)C(=O)N2CCN(c3ccccc3Cl)CC2)cc1. The smallest absolute Gasteiger partial charge is 0.254 e. The van der Waals surface area contributed by atoms with Crippen LogP contribution < -0.4 is 15.0 Å². The second-order valence-electron chi connectivity index (χ2n) is 9.53. The van der Waals surface area contributed by atoms with Crippen molar-refractivity contribution in [2.45, 2.75) is 32.3 Å². The third-order valence-corrected chi connectivity index (χ3v) is 7.09. The van der Waals surface area contributed by atoms with E-state index in [0.29, 0.717) is 43.6 Å². The molecule has 0 bridgehead atoms. The van der Waals surface area contributed by atoms with E-state index in [4.69, 9.17) is 16.3 Å². The molecule has 3 aromatic rings. The predicted molar refractivity (Wildman–Crippen MR) is 154 cm³/mol. The molecule has 1 aromatic heterocycles. The Balaban J connectivity index is 1.23. The number of pyridine rings is 1. The third kappa shape index (κ3) is 7.18. The molecule has 3 N–H and O–H groups in total. The van der Waals surface area contributed by atoms with Crippen molar-refractivity contribution in [2.24, 2.45) is 0 Å². The fraction of sp³-hybridized carbons (Fsp3) is 0.300. The van der Waals surface area contributed by atoms with Crippen LogP contribution in [0.4, 0.5) is 5.69 Å². The third-order valence-electron chi connectivity index (χ3n) is 6.77. The molecule has 0 spiro atoms. The van der Waals surface area contributed by atoms with Crippen LogP contribution in [0.1, 0.15) is 22.4 Å². The summed E-state index contributed by atoms with van der Waals surface area (Å²) < 4.78 is 5.87. The standard InChI is InChI=1S/C30H33ClN4O5/c1-3-22-18-32-20(2)16-23(22)19-40-24-10-8-21(9-11-24)17-33-29(38)27(36)28(37)30(39)35-14-12-34(13-15-35)26-7-5-4-6-25(26)31/h3-11,16,18,27-28,36-37H,1,12-15,17,19H2,2H3,(H,33,38)/t27-,28-/m1/s1. The number of aliphatic hydroxyl groups is 2. The van der Waals surface area contributed by atoms with Gasteiger partial charge in [0.05, 0.1) is 10.7 Å². The second kappa shape index (κ2) is 13.4. The van der Waals surface area contributed by atoms with Gasteiger partial charge < -0.3 is 30.1 Å². The number of para-hydroxylation sites is 1. The lowest BCUT2D eigenvalue weighted by Gasteiger charge is -2.37. The number of hydrogen-bond donors (Lipinski definition) is 3. The highest BCUT2D eigenvalue weighted by Crippen LogP contribution is 2.26. The highest BCUT2D eigenvalue weighted by molar-refractivity contribution is 6.33. The molecule has 0 aliphatic carbocycles. The van der Waals surface area contributed by atoms with E-state index >= 15 is 0 Å². The van der Waals surface area contributed by atoms with Crippen LogP contribution in [0.15, 0.2) is 67.4 Å². The normalized spacial score (nSPS) is 14.8. The Kier molecular flexibility index (Phi) is 9.76. The maximum Gasteiger partial charge on any atom is 0.254 e. The average molecular weight is 565 g/mol. The Labute approximate surface area is 238 Å². The zero-order chi connectivity index (χ0) is 28.6. The summed E-state index contributed by atoms with van der Waals surface area (Å²) in [5, 5.41) is 24.0. The van der Waals surface area contributed by atoms with Crippen molar-refractivity contribution in [2.75, 3.05) is 31.1 Å². The average Bonchev–Trinajstić information content (AvgIpc) is 2.98. The summed E-state index contributed by atoms with van der Waals surface area (Å²) in [6, 6.07) is 16.5. The van der Waals surface area contributed by atoms with E-state index in [0.717, 1.165) is 28.1 Å². The number of rotatable bonds is 10. The maximum absolute atomic E-state index is 12.8. The molecular weight excluding hydrogens is 532 g/mol. The van der Waals surface area contributed by atoms with E-state index in [2.05, 4.69) is 21.8 Å². The van der Waals surface area contributed by atoms with E-state index in [9.17, 15) is 19.8 Å². The molecule has 9 nitrogen and oxygen atoms in total. The Bertz CT molecular complexity index is 1340. The van der Waals surface area contributed by atoms with Crippen LogP contribution in [0.25, 0.3) is 6.08 Å². The monoisotopic (exact) mass is 564 g/mol. The molecule has 1 aliphatic rings. The Morgan fingerprint density at radius 1 is 1.10 bits per heavy atom. The van der Waals surface area contributed by atoms with Crippen LogP contribution in [0.2, 0.25) is 5.02 Å². The van der Waals surface area contributed by atoms with Gasteiger partial charge in [0.1, 0.15) is 12.4 Å². The minimum Gasteiger partial charge on any atom is -0.489 e. The van der Waals surface area contributed by atoms with Crippen LogP contribution in [-0.2, 0) is 22.7 Å². The Morgan fingerprint density at radius 2 is 1.80 bits per heavy atom. The first-order valence-electron chi connectivity index (χ1n) is 13.0. The van der Waals surface area contributed by atoms with Crippen molar-refractivity contribution in [3.63, 3.8) is 0 Å². The molecule has 40 heavy (non-hydrogen) atoms. The van der Waals surface area contributed by atoms with Crippen molar-refractivity contribution in [1.29, 1.82) is 0 Å². The van der Waals surface area contributed by atoms with Gasteiger partial charge in [-0.25, -0.2) is 0 Å². The summed E-state index contributed by atoms with van der Waals surface area (Å²) in [5.41, 5.74) is 4.41. The number of hydrogen-bond acceptors (Lipinski definition) is 7. The Morgan fingerprint density at radius 3 is 2.48 bits per heavy atom. The summed E-state index contributed by atoms with van der Waals surface area (Å²) in [4.78, 5) is 33.0. The van der Waals surface area contributed by atoms with Gasteiger partial charge in [0.2, 0.25) is 0 Å². The molecule has 0 saturated carbocycles. The summed E-state index contributed by atoms with van der Waals surface area (Å²) in [6.07, 6.45) is -0.258. The molecule has 210 valence electrons. The van der Waals surface area contributed by atoms with Crippen molar-refractivity contribution in [3.8, 4) is 5.75 Å². The highest BCUT2D eigenvalue weighted by Gasteiger charge is 2.34. The van der Waals surface area contributed by atoms with Gasteiger partial charge >= 0.3 is 0 Å². The topological polar surface area (TPSA) is 115 Å². The molecule has 4 rings (SSSR count). The van der Waals surface area contributed by atoms with Gasteiger partial charge in [0.25, 0.3) is 11.8 Å². The predicted octanol–water partition coefficient (Wildman–Crippen LogP) is 2.95. The maximum atomic E-state index is 12.8. The number of nitrogens with zero attached hydrogens (tertiary/aromatic N) is 3. The first kappa shape index (κ1) is 29.1. The fourth-order valence-electron chi connectivity index (χ4n) is 4.44. The number of aryl methyl sites for hydroxylation is 1. The van der Waals surface area contributed by atoms with Crippen LogP contribution in [-0.4, -0.2) is 70.3 Å². The minimum absolute atomic E-state index is 0.109. The zero-order valence-electron chi connectivity index (χ0n) is 22.3. The van der Waals surface area contributed by atoms with Gasteiger partial charge in [-0.05, 0) is 53.9 Å². The number of halogens is 1. The van der Waals surface area contributed by atoms with Gasteiger partial charge in [-0.15, -0.1) is 0 Å². The minimum atomic E-state index is -1.89. The van der Waals surface area contributed by atoms with Gasteiger partial charge in [-0.2, -0.15) is 0 Å². The number of carbonyl (C=O) groups is 2.